The SMILES string of the molecule is O=C(O)CC1CCCN1C(=O)c1coc(-c2c(F)cccc2F)n1. The number of nitrogens with zero attached hydrogens (tertiary/aromatic N) is 2. The van der Waals surface area contributed by atoms with Crippen LogP contribution in [0.15, 0.2) is 28.9 Å². The average molecular weight is 336 g/mol. The van der Waals surface area contributed by atoms with Crippen molar-refractivity contribution in [2.45, 2.75) is 25.3 Å². The van der Waals surface area contributed by atoms with Crippen molar-refractivity contribution in [1.82, 2.24) is 9.88 Å². The monoisotopic (exact) mass is 336 g/mol. The van der Waals surface area contributed by atoms with Gasteiger partial charge in [0.15, 0.2) is 5.69 Å². The van der Waals surface area contributed by atoms with Crippen molar-refractivity contribution in [3.63, 3.8) is 0 Å². The summed E-state index contributed by atoms with van der Waals surface area (Å²) < 4.78 is 32.6. The minimum Gasteiger partial charge on any atom is -0.481 e. The number of hydrogen-bond acceptors (Lipinski definition) is 4. The lowest BCUT2D eigenvalue weighted by Gasteiger charge is -2.22. The molecule has 1 aliphatic heterocycles. The molecule has 1 saturated heterocycles. The third-order valence-corrected chi connectivity index (χ3v) is 3.95. The van der Waals surface area contributed by atoms with Gasteiger partial charge in [0, 0.05) is 12.6 Å². The maximum atomic E-state index is 13.8. The fourth-order valence-corrected chi connectivity index (χ4v) is 2.85. The first-order valence-electron chi connectivity index (χ1n) is 7.40. The first kappa shape index (κ1) is 16.1. The molecule has 1 unspecified atom stereocenters. The average Bonchev–Trinajstić information content (AvgIpc) is 3.15. The smallest absolute Gasteiger partial charge is 0.305 e. The molecule has 0 saturated carbocycles. The molecule has 1 fully saturated rings. The van der Waals surface area contributed by atoms with Crippen LogP contribution in [0.1, 0.15) is 29.8 Å². The Bertz CT molecular complexity index is 770. The normalized spacial score (nSPS) is 17.2. The number of aromatic nitrogens is 1. The van der Waals surface area contributed by atoms with E-state index >= 15 is 0 Å². The lowest BCUT2D eigenvalue weighted by Crippen LogP contribution is -2.37. The fraction of sp³-hybridized carbons (Fsp3) is 0.312. The highest BCUT2D eigenvalue weighted by atomic mass is 19.1. The molecule has 1 N–H and O–H groups in total. The summed E-state index contributed by atoms with van der Waals surface area (Å²) in [6.45, 7) is 0.410. The summed E-state index contributed by atoms with van der Waals surface area (Å²) in [5.74, 6) is -3.52. The topological polar surface area (TPSA) is 83.6 Å². The van der Waals surface area contributed by atoms with Crippen molar-refractivity contribution in [3.8, 4) is 11.5 Å². The van der Waals surface area contributed by atoms with E-state index in [0.29, 0.717) is 19.4 Å². The molecule has 1 aromatic carbocycles. The quantitative estimate of drug-likeness (QED) is 0.928. The van der Waals surface area contributed by atoms with Crippen LogP contribution in [0, 0.1) is 11.6 Å². The Hall–Kier alpha value is -2.77. The number of carboxylic acids is 1. The Labute approximate surface area is 135 Å². The molecule has 2 aromatic rings. The van der Waals surface area contributed by atoms with E-state index in [1.165, 1.54) is 11.0 Å². The zero-order valence-electron chi connectivity index (χ0n) is 12.5. The van der Waals surface area contributed by atoms with Crippen molar-refractivity contribution in [1.29, 1.82) is 0 Å². The maximum absolute atomic E-state index is 13.8. The number of carbonyl (C=O) groups excluding carboxylic acids is 1. The number of carboxylic acid groups (broad SMARTS) is 1. The third kappa shape index (κ3) is 2.99. The molecule has 6 nitrogen and oxygen atoms in total. The molecular weight excluding hydrogens is 322 g/mol. The number of oxazole rings is 1. The molecule has 8 heteroatoms. The zero-order valence-corrected chi connectivity index (χ0v) is 12.5. The Morgan fingerprint density at radius 2 is 2.04 bits per heavy atom. The van der Waals surface area contributed by atoms with E-state index in [1.54, 1.807) is 0 Å². The zero-order chi connectivity index (χ0) is 17.3. The van der Waals surface area contributed by atoms with Crippen molar-refractivity contribution in [2.75, 3.05) is 6.54 Å². The Morgan fingerprint density at radius 3 is 2.71 bits per heavy atom. The van der Waals surface area contributed by atoms with E-state index in [1.807, 2.05) is 0 Å². The molecule has 2 heterocycles. The van der Waals surface area contributed by atoms with Gasteiger partial charge in [-0.3, -0.25) is 9.59 Å². The summed E-state index contributed by atoms with van der Waals surface area (Å²) in [5, 5.41) is 8.90. The molecule has 0 aliphatic carbocycles. The fourth-order valence-electron chi connectivity index (χ4n) is 2.85. The van der Waals surface area contributed by atoms with Gasteiger partial charge in [-0.25, -0.2) is 13.8 Å². The van der Waals surface area contributed by atoms with Crippen LogP contribution in [-0.4, -0.2) is 39.5 Å². The van der Waals surface area contributed by atoms with Crippen LogP contribution >= 0.6 is 0 Å². The number of benzene rings is 1. The Kier molecular flexibility index (Phi) is 4.28. The summed E-state index contributed by atoms with van der Waals surface area (Å²) >= 11 is 0. The lowest BCUT2D eigenvalue weighted by molar-refractivity contribution is -0.137. The van der Waals surface area contributed by atoms with Crippen molar-refractivity contribution in [3.05, 3.63) is 41.8 Å². The van der Waals surface area contributed by atoms with E-state index < -0.39 is 35.1 Å². The molecule has 0 spiro atoms. The van der Waals surface area contributed by atoms with E-state index in [4.69, 9.17) is 9.52 Å². The highest BCUT2D eigenvalue weighted by molar-refractivity contribution is 5.93. The highest BCUT2D eigenvalue weighted by Crippen LogP contribution is 2.27. The number of rotatable bonds is 4. The largest absolute Gasteiger partial charge is 0.481 e. The molecule has 24 heavy (non-hydrogen) atoms. The minimum absolute atomic E-state index is 0.107. The number of likely N-dealkylation sites (tertiary alicyclic amines) is 1. The second-order valence-electron chi connectivity index (χ2n) is 5.53. The number of aliphatic carboxylic acids is 1. The summed E-state index contributed by atoms with van der Waals surface area (Å²) in [5.41, 5.74) is -0.551. The summed E-state index contributed by atoms with van der Waals surface area (Å²) in [7, 11) is 0. The van der Waals surface area contributed by atoms with Crippen LogP contribution in [0.3, 0.4) is 0 Å². The summed E-state index contributed by atoms with van der Waals surface area (Å²) in [6.07, 6.45) is 2.15. The van der Waals surface area contributed by atoms with Gasteiger partial charge >= 0.3 is 5.97 Å². The summed E-state index contributed by atoms with van der Waals surface area (Å²) in [6, 6.07) is 2.92. The van der Waals surface area contributed by atoms with Crippen molar-refractivity contribution >= 4 is 11.9 Å². The predicted molar refractivity (Wildman–Crippen MR) is 78.2 cm³/mol. The van der Waals surface area contributed by atoms with E-state index in [0.717, 1.165) is 18.4 Å². The number of carbonyl (C=O) groups is 2. The van der Waals surface area contributed by atoms with Gasteiger partial charge in [0.05, 0.1) is 6.42 Å². The van der Waals surface area contributed by atoms with Gasteiger partial charge in [-0.05, 0) is 25.0 Å². The predicted octanol–water partition coefficient (Wildman–Crippen LogP) is 2.70. The van der Waals surface area contributed by atoms with E-state index in [9.17, 15) is 18.4 Å². The number of amides is 1. The van der Waals surface area contributed by atoms with Gasteiger partial charge in [-0.2, -0.15) is 0 Å². The standard InChI is InChI=1S/C16H14F2N2O4/c17-10-4-1-5-11(18)14(10)15-19-12(8-24-15)16(23)20-6-2-3-9(20)7-13(21)22/h1,4-5,8-9H,2-3,6-7H2,(H,21,22). The van der Waals surface area contributed by atoms with E-state index in [2.05, 4.69) is 4.98 Å². The van der Waals surface area contributed by atoms with Gasteiger partial charge in [-0.15, -0.1) is 0 Å². The number of halogens is 2. The Morgan fingerprint density at radius 1 is 1.33 bits per heavy atom. The molecule has 0 radical (unpaired) electrons. The Balaban J connectivity index is 1.85. The lowest BCUT2D eigenvalue weighted by atomic mass is 10.1. The van der Waals surface area contributed by atoms with Gasteiger partial charge < -0.3 is 14.4 Å². The molecule has 126 valence electrons. The van der Waals surface area contributed by atoms with Crippen LogP contribution in [-0.2, 0) is 4.79 Å². The first-order chi connectivity index (χ1) is 11.5. The maximum Gasteiger partial charge on any atom is 0.305 e. The van der Waals surface area contributed by atoms with Gasteiger partial charge in [0.2, 0.25) is 5.89 Å². The van der Waals surface area contributed by atoms with Crippen LogP contribution in [0.4, 0.5) is 8.78 Å². The minimum atomic E-state index is -0.992. The van der Waals surface area contributed by atoms with Gasteiger partial charge in [0.25, 0.3) is 5.91 Å². The molecule has 1 amide bonds. The summed E-state index contributed by atoms with van der Waals surface area (Å²) in [4.78, 5) is 28.6. The van der Waals surface area contributed by atoms with Crippen molar-refractivity contribution < 1.29 is 27.9 Å². The molecule has 3 rings (SSSR count). The second kappa shape index (κ2) is 6.38. The molecule has 1 aliphatic rings. The second-order valence-corrected chi connectivity index (χ2v) is 5.53. The van der Waals surface area contributed by atoms with Crippen LogP contribution < -0.4 is 0 Å². The first-order valence-corrected chi connectivity index (χ1v) is 7.40. The van der Waals surface area contributed by atoms with Crippen LogP contribution in [0.2, 0.25) is 0 Å². The third-order valence-electron chi connectivity index (χ3n) is 3.95. The molecule has 1 atom stereocenters. The highest BCUT2D eigenvalue weighted by Gasteiger charge is 2.32. The van der Waals surface area contributed by atoms with Crippen LogP contribution in [0.5, 0.6) is 0 Å². The number of hydrogen-bond donors (Lipinski definition) is 1. The van der Waals surface area contributed by atoms with Crippen molar-refractivity contribution in [2.24, 2.45) is 0 Å². The van der Waals surface area contributed by atoms with E-state index in [-0.39, 0.29) is 18.0 Å². The molecule has 1 aromatic heterocycles. The van der Waals surface area contributed by atoms with Gasteiger partial charge in [-0.1, -0.05) is 6.07 Å². The van der Waals surface area contributed by atoms with Crippen LogP contribution in [0.25, 0.3) is 11.5 Å². The molecule has 0 bridgehead atoms. The molecular formula is C16H14F2N2O4. The van der Waals surface area contributed by atoms with Gasteiger partial charge in [0.1, 0.15) is 23.5 Å².